The predicted molar refractivity (Wildman–Crippen MR) is 85.3 cm³/mol. The van der Waals surface area contributed by atoms with Gasteiger partial charge in [-0.3, -0.25) is 4.79 Å². The van der Waals surface area contributed by atoms with E-state index in [2.05, 4.69) is 20.9 Å². The molecule has 22 heavy (non-hydrogen) atoms. The molecule has 6 nitrogen and oxygen atoms in total. The molecule has 1 fully saturated rings. The van der Waals surface area contributed by atoms with Crippen LogP contribution in [0.15, 0.2) is 24.4 Å². The summed E-state index contributed by atoms with van der Waals surface area (Å²) in [5.74, 6) is -0.278. The van der Waals surface area contributed by atoms with E-state index in [4.69, 9.17) is 11.6 Å². The fourth-order valence-electron chi connectivity index (χ4n) is 2.50. The van der Waals surface area contributed by atoms with E-state index in [1.165, 1.54) is 0 Å². The maximum absolute atomic E-state index is 12.2. The SMILES string of the molecule is Cc1ccc(NC(=O)c2cn(C3CCNCC3)nn2)cc1Cl. The zero-order valence-electron chi connectivity index (χ0n) is 12.3. The van der Waals surface area contributed by atoms with Gasteiger partial charge in [-0.15, -0.1) is 5.10 Å². The molecule has 1 aliphatic rings. The van der Waals surface area contributed by atoms with Gasteiger partial charge in [-0.2, -0.15) is 0 Å². The van der Waals surface area contributed by atoms with Crippen LogP contribution in [-0.4, -0.2) is 34.0 Å². The number of nitrogens with zero attached hydrogens (tertiary/aromatic N) is 3. The zero-order valence-corrected chi connectivity index (χ0v) is 13.1. The number of rotatable bonds is 3. The molecule has 0 bridgehead atoms. The molecule has 1 saturated heterocycles. The lowest BCUT2D eigenvalue weighted by Gasteiger charge is -2.22. The van der Waals surface area contributed by atoms with Crippen LogP contribution in [0.2, 0.25) is 5.02 Å². The van der Waals surface area contributed by atoms with Crippen molar-refractivity contribution in [1.82, 2.24) is 20.3 Å². The van der Waals surface area contributed by atoms with E-state index in [1.807, 2.05) is 19.1 Å². The topological polar surface area (TPSA) is 71.8 Å². The highest BCUT2D eigenvalue weighted by molar-refractivity contribution is 6.31. The first-order valence-corrected chi connectivity index (χ1v) is 7.71. The molecule has 0 saturated carbocycles. The number of hydrogen-bond donors (Lipinski definition) is 2. The minimum Gasteiger partial charge on any atom is -0.320 e. The molecule has 0 aliphatic carbocycles. The third-order valence-electron chi connectivity index (χ3n) is 3.86. The lowest BCUT2D eigenvalue weighted by molar-refractivity contribution is 0.102. The molecule has 1 amide bonds. The molecule has 0 atom stereocenters. The second kappa shape index (κ2) is 6.46. The maximum Gasteiger partial charge on any atom is 0.277 e. The highest BCUT2D eigenvalue weighted by atomic mass is 35.5. The van der Waals surface area contributed by atoms with Crippen molar-refractivity contribution in [1.29, 1.82) is 0 Å². The van der Waals surface area contributed by atoms with E-state index in [0.29, 0.717) is 22.4 Å². The Morgan fingerprint density at radius 2 is 2.18 bits per heavy atom. The Balaban J connectivity index is 1.69. The summed E-state index contributed by atoms with van der Waals surface area (Å²) in [6.45, 7) is 3.85. The molecule has 1 aliphatic heterocycles. The van der Waals surface area contributed by atoms with E-state index in [0.717, 1.165) is 31.5 Å². The molecular weight excluding hydrogens is 302 g/mol. The number of hydrogen-bond acceptors (Lipinski definition) is 4. The summed E-state index contributed by atoms with van der Waals surface area (Å²) < 4.78 is 1.79. The van der Waals surface area contributed by atoms with Crippen LogP contribution in [0.5, 0.6) is 0 Å². The average Bonchev–Trinajstić information content (AvgIpc) is 3.02. The number of anilines is 1. The van der Waals surface area contributed by atoms with Crippen molar-refractivity contribution < 1.29 is 4.79 Å². The van der Waals surface area contributed by atoms with Gasteiger partial charge >= 0.3 is 0 Å². The van der Waals surface area contributed by atoms with Crippen molar-refractivity contribution in [3.8, 4) is 0 Å². The van der Waals surface area contributed by atoms with Crippen LogP contribution in [0.3, 0.4) is 0 Å². The lowest BCUT2D eigenvalue weighted by Crippen LogP contribution is -2.29. The molecule has 1 aromatic carbocycles. The summed E-state index contributed by atoms with van der Waals surface area (Å²) in [7, 11) is 0. The largest absolute Gasteiger partial charge is 0.320 e. The van der Waals surface area contributed by atoms with Crippen molar-refractivity contribution in [3.63, 3.8) is 0 Å². The van der Waals surface area contributed by atoms with Gasteiger partial charge in [-0.05, 0) is 50.6 Å². The Morgan fingerprint density at radius 1 is 1.41 bits per heavy atom. The number of piperidine rings is 1. The number of halogens is 1. The van der Waals surface area contributed by atoms with E-state index in [-0.39, 0.29) is 5.91 Å². The van der Waals surface area contributed by atoms with E-state index in [9.17, 15) is 4.79 Å². The van der Waals surface area contributed by atoms with Gasteiger partial charge in [0.25, 0.3) is 5.91 Å². The van der Waals surface area contributed by atoms with Gasteiger partial charge in [-0.1, -0.05) is 22.9 Å². The van der Waals surface area contributed by atoms with Gasteiger partial charge in [-0.25, -0.2) is 4.68 Å². The Hall–Kier alpha value is -1.92. The molecule has 2 aromatic rings. The molecule has 1 aromatic heterocycles. The quantitative estimate of drug-likeness (QED) is 0.911. The third-order valence-corrected chi connectivity index (χ3v) is 4.26. The summed E-state index contributed by atoms with van der Waals surface area (Å²) in [5.41, 5.74) is 1.93. The first-order chi connectivity index (χ1) is 10.6. The molecule has 7 heteroatoms. The van der Waals surface area contributed by atoms with Crippen LogP contribution in [0.1, 0.15) is 34.9 Å². The Kier molecular flexibility index (Phi) is 4.40. The number of benzene rings is 1. The van der Waals surface area contributed by atoms with Gasteiger partial charge in [0.15, 0.2) is 5.69 Å². The lowest BCUT2D eigenvalue weighted by atomic mass is 10.1. The van der Waals surface area contributed by atoms with E-state index >= 15 is 0 Å². The second-order valence-electron chi connectivity index (χ2n) is 5.48. The summed E-state index contributed by atoms with van der Waals surface area (Å²) in [6.07, 6.45) is 3.71. The number of aromatic nitrogens is 3. The van der Waals surface area contributed by atoms with E-state index in [1.54, 1.807) is 16.9 Å². The fraction of sp³-hybridized carbons (Fsp3) is 0.400. The summed E-state index contributed by atoms with van der Waals surface area (Å²) >= 11 is 6.06. The predicted octanol–water partition coefficient (Wildman–Crippen LogP) is 2.42. The zero-order chi connectivity index (χ0) is 15.5. The van der Waals surface area contributed by atoms with Crippen LogP contribution in [-0.2, 0) is 0 Å². The van der Waals surface area contributed by atoms with Crippen LogP contribution in [0.25, 0.3) is 0 Å². The minimum absolute atomic E-state index is 0.278. The number of carbonyl (C=O) groups excluding carboxylic acids is 1. The fourth-order valence-corrected chi connectivity index (χ4v) is 2.68. The third kappa shape index (κ3) is 3.28. The number of amides is 1. The average molecular weight is 320 g/mol. The van der Waals surface area contributed by atoms with Gasteiger partial charge in [0.1, 0.15) is 0 Å². The molecule has 2 N–H and O–H groups in total. The molecule has 116 valence electrons. The first-order valence-electron chi connectivity index (χ1n) is 7.33. The standard InChI is InChI=1S/C15H18ClN5O/c1-10-2-3-11(8-13(10)16)18-15(22)14-9-21(20-19-14)12-4-6-17-7-5-12/h2-3,8-9,12,17H,4-7H2,1H3,(H,18,22). The van der Waals surface area contributed by atoms with Gasteiger partial charge in [0.2, 0.25) is 0 Å². The van der Waals surface area contributed by atoms with Crippen molar-refractivity contribution in [3.05, 3.63) is 40.7 Å². The highest BCUT2D eigenvalue weighted by Crippen LogP contribution is 2.21. The van der Waals surface area contributed by atoms with E-state index < -0.39 is 0 Å². The molecule has 0 spiro atoms. The van der Waals surface area contributed by atoms with Crippen molar-refractivity contribution >= 4 is 23.2 Å². The molecule has 0 radical (unpaired) electrons. The first kappa shape index (κ1) is 15.0. The van der Waals surface area contributed by atoms with Gasteiger partial charge in [0.05, 0.1) is 12.2 Å². The Labute approximate surface area is 133 Å². The second-order valence-corrected chi connectivity index (χ2v) is 5.89. The van der Waals surface area contributed by atoms with Crippen molar-refractivity contribution in [2.45, 2.75) is 25.8 Å². The molecular formula is C15H18ClN5O. The van der Waals surface area contributed by atoms with Gasteiger partial charge in [0, 0.05) is 10.7 Å². The summed E-state index contributed by atoms with van der Waals surface area (Å²) in [6, 6.07) is 5.72. The number of nitrogens with one attached hydrogen (secondary N) is 2. The van der Waals surface area contributed by atoms with Crippen LogP contribution in [0.4, 0.5) is 5.69 Å². The smallest absolute Gasteiger partial charge is 0.277 e. The van der Waals surface area contributed by atoms with Crippen molar-refractivity contribution in [2.24, 2.45) is 0 Å². The van der Waals surface area contributed by atoms with Crippen LogP contribution < -0.4 is 10.6 Å². The number of carbonyl (C=O) groups is 1. The number of aryl methyl sites for hydroxylation is 1. The van der Waals surface area contributed by atoms with Crippen LogP contribution >= 0.6 is 11.6 Å². The minimum atomic E-state index is -0.278. The molecule has 0 unspecified atom stereocenters. The monoisotopic (exact) mass is 319 g/mol. The summed E-state index contributed by atoms with van der Waals surface area (Å²) in [4.78, 5) is 12.2. The normalized spacial score (nSPS) is 15.7. The van der Waals surface area contributed by atoms with Crippen molar-refractivity contribution in [2.75, 3.05) is 18.4 Å². The molecule has 2 heterocycles. The Morgan fingerprint density at radius 3 is 2.91 bits per heavy atom. The summed E-state index contributed by atoms with van der Waals surface area (Å²) in [5, 5.41) is 14.8. The highest BCUT2D eigenvalue weighted by Gasteiger charge is 2.18. The molecule has 3 rings (SSSR count). The van der Waals surface area contributed by atoms with Gasteiger partial charge < -0.3 is 10.6 Å². The Bertz CT molecular complexity index is 678. The maximum atomic E-state index is 12.2. The van der Waals surface area contributed by atoms with Crippen LogP contribution in [0, 0.1) is 6.92 Å².